The van der Waals surface area contributed by atoms with Gasteiger partial charge >= 0.3 is 5.97 Å². The second-order valence-corrected chi connectivity index (χ2v) is 11.5. The molecule has 0 aromatic rings. The Morgan fingerprint density at radius 1 is 1.27 bits per heavy atom. The molecule has 0 bridgehead atoms. The van der Waals surface area contributed by atoms with Crippen molar-refractivity contribution in [3.05, 3.63) is 48.1 Å². The summed E-state index contributed by atoms with van der Waals surface area (Å²) in [5.41, 5.74) is 0.0959. The number of aliphatic hydroxyl groups is 1. The van der Waals surface area contributed by atoms with Gasteiger partial charge in [0.2, 0.25) is 0 Å². The minimum absolute atomic E-state index is 0.0396. The number of aliphatic carboxylic acids is 1. The predicted octanol–water partition coefficient (Wildman–Crippen LogP) is 5.88. The number of rotatable bonds is 7. The zero-order valence-corrected chi connectivity index (χ0v) is 20.6. The largest absolute Gasteiger partial charge is 0.481 e. The summed E-state index contributed by atoms with van der Waals surface area (Å²) in [6.07, 6.45) is 15.3. The summed E-state index contributed by atoms with van der Waals surface area (Å²) in [5.74, 6) is 0.416. The first kappa shape index (κ1) is 24.2. The van der Waals surface area contributed by atoms with E-state index in [4.69, 9.17) is 0 Å². The molecule has 0 aliphatic heterocycles. The lowest BCUT2D eigenvalue weighted by atomic mass is 9.48. The number of allylic oxidation sites excluding steroid dienone is 6. The molecule has 0 aromatic heterocycles. The molecule has 4 aliphatic rings. The van der Waals surface area contributed by atoms with Crippen LogP contribution in [0.5, 0.6) is 0 Å². The second kappa shape index (κ2) is 8.37. The molecule has 0 unspecified atom stereocenters. The van der Waals surface area contributed by atoms with Crippen molar-refractivity contribution in [3.63, 3.8) is 0 Å². The first-order valence-corrected chi connectivity index (χ1v) is 12.7. The molecule has 2 N–H and O–H groups in total. The Hall–Kier alpha value is -1.94. The molecule has 4 nitrogen and oxygen atoms in total. The number of fused-ring (bicyclic) bond motifs is 5. The standard InChI is InChI=1S/C29H40O4/c1-6-28(33,18(2)3)15-11-19(4)23-9-10-25-22-8-7-20-17-21(30)12-14-27(20,5)24(22)13-16-29(23,25)26(31)32/h7-8,12,14,17,19,22-25,33H,2,6,9-11,13,15-16H2,1,3-5H3,(H,31,32)/t19-,22-,23-,24+,25+,27-,28-,29+/m1/s1. The topological polar surface area (TPSA) is 74.6 Å². The smallest absolute Gasteiger partial charge is 0.310 e. The molecule has 33 heavy (non-hydrogen) atoms. The fraction of sp³-hybridized carbons (Fsp3) is 0.655. The van der Waals surface area contributed by atoms with E-state index in [9.17, 15) is 19.8 Å². The minimum Gasteiger partial charge on any atom is -0.481 e. The fourth-order valence-electron chi connectivity index (χ4n) is 7.96. The highest BCUT2D eigenvalue weighted by atomic mass is 16.4. The van der Waals surface area contributed by atoms with Crippen molar-refractivity contribution in [1.29, 1.82) is 0 Å². The number of carbonyl (C=O) groups is 2. The van der Waals surface area contributed by atoms with Crippen LogP contribution >= 0.6 is 0 Å². The van der Waals surface area contributed by atoms with Crippen LogP contribution in [0.2, 0.25) is 0 Å². The van der Waals surface area contributed by atoms with Crippen LogP contribution in [0.25, 0.3) is 0 Å². The van der Waals surface area contributed by atoms with E-state index >= 15 is 0 Å². The van der Waals surface area contributed by atoms with Gasteiger partial charge in [0, 0.05) is 5.41 Å². The molecule has 4 rings (SSSR count). The van der Waals surface area contributed by atoms with Crippen LogP contribution < -0.4 is 0 Å². The van der Waals surface area contributed by atoms with E-state index in [0.29, 0.717) is 25.2 Å². The van der Waals surface area contributed by atoms with Crippen molar-refractivity contribution in [3.8, 4) is 0 Å². The molecular weight excluding hydrogens is 412 g/mol. The number of carboxylic acid groups (broad SMARTS) is 1. The maximum atomic E-state index is 13.0. The first-order chi connectivity index (χ1) is 15.5. The molecule has 4 heteroatoms. The third-order valence-electron chi connectivity index (χ3n) is 10.2. The lowest BCUT2D eigenvalue weighted by Gasteiger charge is -2.54. The van der Waals surface area contributed by atoms with E-state index in [1.807, 2.05) is 13.8 Å². The zero-order valence-electron chi connectivity index (χ0n) is 20.6. The Labute approximate surface area is 198 Å². The molecule has 8 atom stereocenters. The quantitative estimate of drug-likeness (QED) is 0.473. The van der Waals surface area contributed by atoms with Crippen molar-refractivity contribution in [2.75, 3.05) is 0 Å². The summed E-state index contributed by atoms with van der Waals surface area (Å²) in [6, 6.07) is 0. The van der Waals surface area contributed by atoms with Crippen LogP contribution in [0.3, 0.4) is 0 Å². The summed E-state index contributed by atoms with van der Waals surface area (Å²) in [4.78, 5) is 24.9. The van der Waals surface area contributed by atoms with E-state index in [1.54, 1.807) is 12.2 Å². The molecule has 0 heterocycles. The molecule has 0 spiro atoms. The molecule has 2 fully saturated rings. The number of ketones is 1. The van der Waals surface area contributed by atoms with Gasteiger partial charge in [-0.1, -0.05) is 45.6 Å². The van der Waals surface area contributed by atoms with Gasteiger partial charge in [-0.3, -0.25) is 9.59 Å². The number of carbonyl (C=O) groups excluding carboxylic acids is 1. The number of carboxylic acids is 1. The summed E-state index contributed by atoms with van der Waals surface area (Å²) >= 11 is 0. The molecule has 0 saturated heterocycles. The molecule has 0 amide bonds. The van der Waals surface area contributed by atoms with Crippen molar-refractivity contribution in [1.82, 2.24) is 0 Å². The Bertz CT molecular complexity index is 941. The zero-order chi connectivity index (χ0) is 24.2. The molecule has 180 valence electrons. The van der Waals surface area contributed by atoms with Crippen LogP contribution in [-0.4, -0.2) is 27.6 Å². The predicted molar refractivity (Wildman–Crippen MR) is 130 cm³/mol. The van der Waals surface area contributed by atoms with Crippen molar-refractivity contribution < 1.29 is 19.8 Å². The lowest BCUT2D eigenvalue weighted by molar-refractivity contribution is -0.163. The molecule has 0 radical (unpaired) electrons. The molecule has 2 saturated carbocycles. The Morgan fingerprint density at radius 3 is 2.64 bits per heavy atom. The van der Waals surface area contributed by atoms with Crippen molar-refractivity contribution in [2.45, 2.75) is 78.2 Å². The second-order valence-electron chi connectivity index (χ2n) is 11.5. The van der Waals surface area contributed by atoms with Gasteiger partial charge in [-0.05, 0) is 105 Å². The van der Waals surface area contributed by atoms with E-state index in [0.717, 1.165) is 36.8 Å². The summed E-state index contributed by atoms with van der Waals surface area (Å²) in [5, 5.41) is 21.6. The molecular formula is C29H40O4. The van der Waals surface area contributed by atoms with Gasteiger partial charge in [0.15, 0.2) is 5.78 Å². The lowest BCUT2D eigenvalue weighted by Crippen LogP contribution is -2.53. The Balaban J connectivity index is 1.61. The highest BCUT2D eigenvalue weighted by Crippen LogP contribution is 2.66. The van der Waals surface area contributed by atoms with Gasteiger partial charge in [0.05, 0.1) is 11.0 Å². The highest BCUT2D eigenvalue weighted by Gasteiger charge is 2.63. The minimum atomic E-state index is -0.867. The van der Waals surface area contributed by atoms with Gasteiger partial charge in [0.1, 0.15) is 0 Å². The van der Waals surface area contributed by atoms with Gasteiger partial charge in [-0.15, -0.1) is 0 Å². The van der Waals surface area contributed by atoms with Crippen LogP contribution in [0.15, 0.2) is 48.1 Å². The fourth-order valence-corrected chi connectivity index (χ4v) is 7.96. The van der Waals surface area contributed by atoms with Crippen molar-refractivity contribution in [2.24, 2.45) is 40.4 Å². The van der Waals surface area contributed by atoms with Crippen LogP contribution in [0, 0.1) is 40.4 Å². The van der Waals surface area contributed by atoms with Gasteiger partial charge in [-0.25, -0.2) is 0 Å². The van der Waals surface area contributed by atoms with Crippen LogP contribution in [-0.2, 0) is 9.59 Å². The summed E-state index contributed by atoms with van der Waals surface area (Å²) in [6.45, 7) is 12.3. The van der Waals surface area contributed by atoms with E-state index in [-0.39, 0.29) is 34.9 Å². The van der Waals surface area contributed by atoms with Gasteiger partial charge in [0.25, 0.3) is 0 Å². The van der Waals surface area contributed by atoms with E-state index in [2.05, 4.69) is 38.7 Å². The number of hydrogen-bond acceptors (Lipinski definition) is 3. The Morgan fingerprint density at radius 2 is 2.00 bits per heavy atom. The summed E-state index contributed by atoms with van der Waals surface area (Å²) in [7, 11) is 0. The van der Waals surface area contributed by atoms with E-state index < -0.39 is 17.0 Å². The maximum absolute atomic E-state index is 13.0. The maximum Gasteiger partial charge on any atom is 0.310 e. The van der Waals surface area contributed by atoms with Gasteiger partial charge in [-0.2, -0.15) is 0 Å². The molecule has 4 aliphatic carbocycles. The Kier molecular flexibility index (Phi) is 6.14. The average molecular weight is 453 g/mol. The third kappa shape index (κ3) is 3.60. The molecule has 0 aromatic carbocycles. The van der Waals surface area contributed by atoms with Crippen molar-refractivity contribution >= 4 is 11.8 Å². The van der Waals surface area contributed by atoms with Crippen LogP contribution in [0.1, 0.15) is 72.6 Å². The summed E-state index contributed by atoms with van der Waals surface area (Å²) < 4.78 is 0. The van der Waals surface area contributed by atoms with E-state index in [1.165, 1.54) is 0 Å². The normalized spacial score (nSPS) is 39.7. The SMILES string of the molecule is C=C(C)[C@@](O)(CC)CC[C@@H](C)[C@H]1CC[C@H]2[C@@H]3C=CC4=CC(=O)C=C[C@@]4(C)[C@H]3CC[C@]12C(=O)O. The first-order valence-electron chi connectivity index (χ1n) is 12.7. The third-order valence-corrected chi connectivity index (χ3v) is 10.2. The van der Waals surface area contributed by atoms with Gasteiger partial charge < -0.3 is 10.2 Å². The monoisotopic (exact) mass is 452 g/mol. The highest BCUT2D eigenvalue weighted by molar-refractivity contribution is 6.01. The van der Waals surface area contributed by atoms with Crippen LogP contribution in [0.4, 0.5) is 0 Å². The average Bonchev–Trinajstić information content (AvgIpc) is 3.19. The number of hydrogen-bond donors (Lipinski definition) is 2.